The van der Waals surface area contributed by atoms with E-state index in [-0.39, 0.29) is 5.41 Å². The second-order valence-corrected chi connectivity index (χ2v) is 6.44. The van der Waals surface area contributed by atoms with E-state index in [1.807, 2.05) is 23.7 Å². The lowest BCUT2D eigenvalue weighted by atomic mass is 9.81. The van der Waals surface area contributed by atoms with Gasteiger partial charge in [-0.05, 0) is 52.4 Å². The zero-order chi connectivity index (χ0) is 14.9. The van der Waals surface area contributed by atoms with Crippen molar-refractivity contribution in [2.45, 2.75) is 41.2 Å². The first-order valence-electron chi connectivity index (χ1n) is 6.93. The third-order valence-corrected chi connectivity index (χ3v) is 4.01. The van der Waals surface area contributed by atoms with E-state index in [0.717, 1.165) is 29.2 Å². The predicted molar refractivity (Wildman–Crippen MR) is 81.0 cm³/mol. The lowest BCUT2D eigenvalue weighted by Gasteiger charge is -2.29. The first kappa shape index (κ1) is 14.5. The van der Waals surface area contributed by atoms with Gasteiger partial charge in [0.15, 0.2) is 5.82 Å². The molecular weight excluding hydrogens is 250 g/mol. The van der Waals surface area contributed by atoms with Crippen molar-refractivity contribution in [1.29, 1.82) is 0 Å². The van der Waals surface area contributed by atoms with Crippen LogP contribution in [-0.2, 0) is 6.54 Å². The van der Waals surface area contributed by atoms with Gasteiger partial charge < -0.3 is 5.73 Å². The molecule has 0 radical (unpaired) electrons. The van der Waals surface area contributed by atoms with Gasteiger partial charge >= 0.3 is 0 Å². The molecule has 0 amide bonds. The number of anilines is 1. The molecule has 2 aromatic rings. The molecule has 0 atom stereocenters. The summed E-state index contributed by atoms with van der Waals surface area (Å²) < 4.78 is 1.87. The van der Waals surface area contributed by atoms with Gasteiger partial charge in [-0.25, -0.2) is 4.68 Å². The number of rotatable bonds is 4. The highest BCUT2D eigenvalue weighted by Crippen LogP contribution is 2.30. The van der Waals surface area contributed by atoms with Crippen molar-refractivity contribution >= 4 is 5.69 Å². The largest absolute Gasteiger partial charge is 0.399 e. The van der Waals surface area contributed by atoms with Crippen LogP contribution in [0.5, 0.6) is 0 Å². The smallest absolute Gasteiger partial charge is 0.182 e. The van der Waals surface area contributed by atoms with Crippen LogP contribution in [0.15, 0.2) is 18.2 Å². The van der Waals surface area contributed by atoms with Crippen LogP contribution in [0.3, 0.4) is 0 Å². The van der Waals surface area contributed by atoms with Gasteiger partial charge in [-0.2, -0.15) is 0 Å². The summed E-state index contributed by atoms with van der Waals surface area (Å²) in [6.07, 6.45) is 0. The number of tetrazole rings is 1. The molecule has 0 saturated carbocycles. The summed E-state index contributed by atoms with van der Waals surface area (Å²) in [7, 11) is 0. The number of nitrogen functional groups attached to an aromatic ring is 1. The molecule has 1 aromatic carbocycles. The van der Waals surface area contributed by atoms with E-state index in [4.69, 9.17) is 5.73 Å². The molecule has 2 N–H and O–H groups in total. The summed E-state index contributed by atoms with van der Waals surface area (Å²) in [5, 5.41) is 12.1. The minimum Gasteiger partial charge on any atom is -0.399 e. The number of benzene rings is 1. The third kappa shape index (κ3) is 2.98. The maximum atomic E-state index is 5.91. The number of nitrogens with zero attached hydrogens (tertiary/aromatic N) is 4. The third-order valence-electron chi connectivity index (χ3n) is 4.01. The molecule has 0 unspecified atom stereocenters. The Bertz CT molecular complexity index is 578. The number of hydrogen-bond donors (Lipinski definition) is 1. The van der Waals surface area contributed by atoms with Crippen molar-refractivity contribution in [1.82, 2.24) is 20.2 Å². The summed E-state index contributed by atoms with van der Waals surface area (Å²) in [5.41, 5.74) is 8.85. The highest BCUT2D eigenvalue weighted by Gasteiger charge is 2.25. The van der Waals surface area contributed by atoms with Crippen LogP contribution in [0.2, 0.25) is 0 Å². The van der Waals surface area contributed by atoms with E-state index < -0.39 is 0 Å². The first-order valence-corrected chi connectivity index (χ1v) is 6.93. The molecule has 2 rings (SSSR count). The quantitative estimate of drug-likeness (QED) is 0.870. The van der Waals surface area contributed by atoms with Crippen LogP contribution in [0, 0.1) is 18.3 Å². The average molecular weight is 273 g/mol. The van der Waals surface area contributed by atoms with E-state index in [1.54, 1.807) is 0 Å². The molecule has 5 nitrogen and oxygen atoms in total. The Kier molecular flexibility index (Phi) is 3.79. The molecule has 0 aliphatic carbocycles. The van der Waals surface area contributed by atoms with Crippen molar-refractivity contribution in [3.63, 3.8) is 0 Å². The standard InChI is InChI=1S/C15H23N5/c1-10(2)15(4,5)9-20-14(17-18-19-20)12-6-11(3)7-13(16)8-12/h6-8,10H,9,16H2,1-5H3. The van der Waals surface area contributed by atoms with Gasteiger partial charge in [0.25, 0.3) is 0 Å². The minimum atomic E-state index is 0.125. The van der Waals surface area contributed by atoms with Crippen LogP contribution in [-0.4, -0.2) is 20.2 Å². The molecule has 108 valence electrons. The maximum absolute atomic E-state index is 5.91. The average Bonchev–Trinajstić information content (AvgIpc) is 2.74. The van der Waals surface area contributed by atoms with Crippen LogP contribution in [0.25, 0.3) is 11.4 Å². The Morgan fingerprint density at radius 2 is 1.95 bits per heavy atom. The Labute approximate surface area is 120 Å². The van der Waals surface area contributed by atoms with Crippen molar-refractivity contribution < 1.29 is 0 Å². The van der Waals surface area contributed by atoms with Gasteiger partial charge in [-0.15, -0.1) is 5.10 Å². The second kappa shape index (κ2) is 5.23. The molecule has 1 aromatic heterocycles. The van der Waals surface area contributed by atoms with Crippen LogP contribution in [0.4, 0.5) is 5.69 Å². The zero-order valence-corrected chi connectivity index (χ0v) is 12.9. The van der Waals surface area contributed by atoms with Crippen molar-refractivity contribution in [2.75, 3.05) is 5.73 Å². The second-order valence-electron chi connectivity index (χ2n) is 6.44. The van der Waals surface area contributed by atoms with E-state index in [1.165, 1.54) is 0 Å². The topological polar surface area (TPSA) is 69.6 Å². The number of nitrogens with two attached hydrogens (primary N) is 1. The molecule has 1 heterocycles. The van der Waals surface area contributed by atoms with Crippen molar-refractivity contribution in [2.24, 2.45) is 11.3 Å². The highest BCUT2D eigenvalue weighted by molar-refractivity contribution is 5.62. The lowest BCUT2D eigenvalue weighted by molar-refractivity contribution is 0.200. The monoisotopic (exact) mass is 273 g/mol. The SMILES string of the molecule is Cc1cc(N)cc(-c2nnnn2CC(C)(C)C(C)C)c1. The summed E-state index contributed by atoms with van der Waals surface area (Å²) in [4.78, 5) is 0. The van der Waals surface area contributed by atoms with E-state index >= 15 is 0 Å². The molecule has 0 aliphatic rings. The number of aromatic nitrogens is 4. The van der Waals surface area contributed by atoms with E-state index in [0.29, 0.717) is 5.92 Å². The number of hydrogen-bond acceptors (Lipinski definition) is 4. The fraction of sp³-hybridized carbons (Fsp3) is 0.533. The van der Waals surface area contributed by atoms with Gasteiger partial charge in [-0.3, -0.25) is 0 Å². The van der Waals surface area contributed by atoms with Crippen molar-refractivity contribution in [3.8, 4) is 11.4 Å². The fourth-order valence-electron chi connectivity index (χ4n) is 2.03. The molecule has 0 fully saturated rings. The van der Waals surface area contributed by atoms with E-state index in [2.05, 4.69) is 49.3 Å². The first-order chi connectivity index (χ1) is 9.29. The molecule has 20 heavy (non-hydrogen) atoms. The fourth-order valence-corrected chi connectivity index (χ4v) is 2.03. The summed E-state index contributed by atoms with van der Waals surface area (Å²) >= 11 is 0. The van der Waals surface area contributed by atoms with Crippen LogP contribution in [0.1, 0.15) is 33.3 Å². The molecule has 0 spiro atoms. The zero-order valence-electron chi connectivity index (χ0n) is 12.9. The Morgan fingerprint density at radius 3 is 2.55 bits per heavy atom. The maximum Gasteiger partial charge on any atom is 0.182 e. The van der Waals surface area contributed by atoms with Crippen LogP contribution >= 0.6 is 0 Å². The lowest BCUT2D eigenvalue weighted by Crippen LogP contribution is -2.26. The van der Waals surface area contributed by atoms with Gasteiger partial charge in [0, 0.05) is 11.3 Å². The Hall–Kier alpha value is -1.91. The van der Waals surface area contributed by atoms with E-state index in [9.17, 15) is 0 Å². The molecule has 0 saturated heterocycles. The Balaban J connectivity index is 2.38. The summed E-state index contributed by atoms with van der Waals surface area (Å²) in [5.74, 6) is 1.32. The highest BCUT2D eigenvalue weighted by atomic mass is 15.5. The Morgan fingerprint density at radius 1 is 1.25 bits per heavy atom. The van der Waals surface area contributed by atoms with Gasteiger partial charge in [-0.1, -0.05) is 27.7 Å². The van der Waals surface area contributed by atoms with Gasteiger partial charge in [0.1, 0.15) is 0 Å². The van der Waals surface area contributed by atoms with Gasteiger partial charge in [0.05, 0.1) is 6.54 Å². The normalized spacial score (nSPS) is 12.1. The summed E-state index contributed by atoms with van der Waals surface area (Å²) in [6, 6.07) is 5.91. The van der Waals surface area contributed by atoms with Gasteiger partial charge in [0.2, 0.25) is 0 Å². The predicted octanol–water partition coefficient (Wildman–Crippen LogP) is 2.91. The summed E-state index contributed by atoms with van der Waals surface area (Å²) in [6.45, 7) is 11.7. The number of aryl methyl sites for hydroxylation is 1. The van der Waals surface area contributed by atoms with Crippen molar-refractivity contribution in [3.05, 3.63) is 23.8 Å². The molecule has 0 aliphatic heterocycles. The molecular formula is C15H23N5. The van der Waals surface area contributed by atoms with Crippen LogP contribution < -0.4 is 5.73 Å². The molecule has 5 heteroatoms. The molecule has 0 bridgehead atoms. The minimum absolute atomic E-state index is 0.125.